The van der Waals surface area contributed by atoms with Gasteiger partial charge in [-0.05, 0) is 36.7 Å². The topological polar surface area (TPSA) is 37.3 Å². The third-order valence-corrected chi connectivity index (χ3v) is 2.93. The number of rotatable bonds is 5. The average Bonchev–Trinajstić information content (AvgIpc) is 2.64. The largest absolute Gasteiger partial charge is 0.481 e. The number of aliphatic carboxylic acids is 1. The summed E-state index contributed by atoms with van der Waals surface area (Å²) >= 11 is 1.80. The highest BCUT2D eigenvalue weighted by Gasteiger charge is 2.43. The van der Waals surface area contributed by atoms with Crippen molar-refractivity contribution in [2.24, 2.45) is 5.41 Å². The maximum atomic E-state index is 10.4. The standard InChI is InChI=1S/C8H14O2S/c1-11-5-4-8(2-3-8)6-7(9)10/h2-6H2,1H3,(H,9,10). The van der Waals surface area contributed by atoms with Crippen LogP contribution in [0.4, 0.5) is 0 Å². The molecule has 1 rings (SSSR count). The number of hydrogen-bond donors (Lipinski definition) is 1. The molecule has 0 bridgehead atoms. The molecule has 0 aromatic rings. The lowest BCUT2D eigenvalue weighted by Gasteiger charge is -2.09. The zero-order chi connectivity index (χ0) is 8.32. The van der Waals surface area contributed by atoms with Gasteiger partial charge in [0.1, 0.15) is 0 Å². The fourth-order valence-electron chi connectivity index (χ4n) is 1.33. The fourth-order valence-corrected chi connectivity index (χ4v) is 1.97. The lowest BCUT2D eigenvalue weighted by atomic mass is 10.00. The molecule has 1 aliphatic carbocycles. The van der Waals surface area contributed by atoms with E-state index in [0.29, 0.717) is 6.42 Å². The smallest absolute Gasteiger partial charge is 0.303 e. The van der Waals surface area contributed by atoms with Crippen molar-refractivity contribution in [2.45, 2.75) is 25.7 Å². The van der Waals surface area contributed by atoms with Crippen LogP contribution in [-0.2, 0) is 4.79 Å². The maximum absolute atomic E-state index is 10.4. The van der Waals surface area contributed by atoms with E-state index in [1.54, 1.807) is 11.8 Å². The van der Waals surface area contributed by atoms with Gasteiger partial charge in [0.25, 0.3) is 0 Å². The summed E-state index contributed by atoms with van der Waals surface area (Å²) in [6, 6.07) is 0. The Bertz CT molecular complexity index is 152. The van der Waals surface area contributed by atoms with Crippen LogP contribution in [0.1, 0.15) is 25.7 Å². The Morgan fingerprint density at radius 1 is 1.64 bits per heavy atom. The summed E-state index contributed by atoms with van der Waals surface area (Å²) in [5, 5.41) is 8.58. The Balaban J connectivity index is 2.23. The number of carboxylic acids is 1. The first-order chi connectivity index (χ1) is 5.18. The van der Waals surface area contributed by atoms with Gasteiger partial charge in [-0.15, -0.1) is 0 Å². The first-order valence-corrected chi connectivity index (χ1v) is 5.29. The summed E-state index contributed by atoms with van der Waals surface area (Å²) in [6.45, 7) is 0. The summed E-state index contributed by atoms with van der Waals surface area (Å²) in [6.07, 6.45) is 5.78. The molecule has 1 fully saturated rings. The second-order valence-corrected chi connectivity index (χ2v) is 4.30. The van der Waals surface area contributed by atoms with Gasteiger partial charge in [-0.1, -0.05) is 0 Å². The van der Waals surface area contributed by atoms with Gasteiger partial charge >= 0.3 is 5.97 Å². The molecule has 1 aliphatic rings. The molecule has 0 saturated heterocycles. The molecule has 0 aromatic carbocycles. The molecule has 0 aromatic heterocycles. The van der Waals surface area contributed by atoms with Crippen molar-refractivity contribution >= 4 is 17.7 Å². The number of carbonyl (C=O) groups is 1. The molecular weight excluding hydrogens is 160 g/mol. The van der Waals surface area contributed by atoms with Gasteiger partial charge in [0.15, 0.2) is 0 Å². The summed E-state index contributed by atoms with van der Waals surface area (Å²) < 4.78 is 0. The van der Waals surface area contributed by atoms with E-state index in [-0.39, 0.29) is 5.41 Å². The first kappa shape index (κ1) is 8.91. The normalized spacial score (nSPS) is 19.7. The SMILES string of the molecule is CSCCC1(CC(=O)O)CC1. The van der Waals surface area contributed by atoms with Gasteiger partial charge in [-0.2, -0.15) is 11.8 Å². The Morgan fingerprint density at radius 2 is 2.27 bits per heavy atom. The van der Waals surface area contributed by atoms with Crippen molar-refractivity contribution < 1.29 is 9.90 Å². The zero-order valence-electron chi connectivity index (χ0n) is 6.80. The second kappa shape index (κ2) is 3.48. The van der Waals surface area contributed by atoms with Crippen LogP contribution in [-0.4, -0.2) is 23.1 Å². The van der Waals surface area contributed by atoms with Gasteiger partial charge in [0, 0.05) is 0 Å². The summed E-state index contributed by atoms with van der Waals surface area (Å²) in [5.41, 5.74) is 0.203. The molecule has 0 spiro atoms. The van der Waals surface area contributed by atoms with Crippen molar-refractivity contribution in [1.82, 2.24) is 0 Å². The van der Waals surface area contributed by atoms with E-state index >= 15 is 0 Å². The van der Waals surface area contributed by atoms with Gasteiger partial charge in [-0.25, -0.2) is 0 Å². The lowest BCUT2D eigenvalue weighted by molar-refractivity contribution is -0.138. The predicted molar refractivity (Wildman–Crippen MR) is 46.9 cm³/mol. The molecule has 11 heavy (non-hydrogen) atoms. The molecule has 2 nitrogen and oxygen atoms in total. The second-order valence-electron chi connectivity index (χ2n) is 3.31. The minimum Gasteiger partial charge on any atom is -0.481 e. The third-order valence-electron chi connectivity index (χ3n) is 2.32. The number of thioether (sulfide) groups is 1. The first-order valence-electron chi connectivity index (χ1n) is 3.89. The predicted octanol–water partition coefficient (Wildman–Crippen LogP) is 1.99. The highest BCUT2D eigenvalue weighted by Crippen LogP contribution is 2.52. The summed E-state index contributed by atoms with van der Waals surface area (Å²) in [5.74, 6) is 0.469. The molecule has 0 aliphatic heterocycles. The number of carboxylic acid groups (broad SMARTS) is 1. The Hall–Kier alpha value is -0.180. The molecular formula is C8H14O2S. The van der Waals surface area contributed by atoms with E-state index in [1.165, 1.54) is 0 Å². The highest BCUT2D eigenvalue weighted by atomic mass is 32.2. The van der Waals surface area contributed by atoms with Gasteiger partial charge < -0.3 is 5.11 Å². The molecule has 1 saturated carbocycles. The quantitative estimate of drug-likeness (QED) is 0.692. The highest BCUT2D eigenvalue weighted by molar-refractivity contribution is 7.98. The Labute approximate surface area is 71.4 Å². The monoisotopic (exact) mass is 174 g/mol. The van der Waals surface area contributed by atoms with Crippen molar-refractivity contribution in [1.29, 1.82) is 0 Å². The zero-order valence-corrected chi connectivity index (χ0v) is 7.62. The average molecular weight is 174 g/mol. The molecule has 0 atom stereocenters. The van der Waals surface area contributed by atoms with Crippen LogP contribution in [0, 0.1) is 5.41 Å². The van der Waals surface area contributed by atoms with Crippen molar-refractivity contribution in [3.8, 4) is 0 Å². The van der Waals surface area contributed by atoms with E-state index < -0.39 is 5.97 Å². The number of hydrogen-bond acceptors (Lipinski definition) is 2. The Kier molecular flexibility index (Phi) is 2.82. The molecule has 64 valence electrons. The van der Waals surface area contributed by atoms with Crippen LogP contribution in [0.3, 0.4) is 0 Å². The van der Waals surface area contributed by atoms with E-state index in [2.05, 4.69) is 6.26 Å². The molecule has 3 heteroatoms. The van der Waals surface area contributed by atoms with Crippen LogP contribution in [0.25, 0.3) is 0 Å². The third kappa shape index (κ3) is 2.73. The molecule has 0 heterocycles. The molecule has 0 radical (unpaired) electrons. The van der Waals surface area contributed by atoms with E-state index in [4.69, 9.17) is 5.11 Å². The van der Waals surface area contributed by atoms with E-state index in [1.807, 2.05) is 0 Å². The maximum Gasteiger partial charge on any atom is 0.303 e. The van der Waals surface area contributed by atoms with Gasteiger partial charge in [0.2, 0.25) is 0 Å². The van der Waals surface area contributed by atoms with Gasteiger partial charge in [0.05, 0.1) is 6.42 Å². The van der Waals surface area contributed by atoms with Crippen LogP contribution in [0.5, 0.6) is 0 Å². The molecule has 0 unspecified atom stereocenters. The van der Waals surface area contributed by atoms with Crippen molar-refractivity contribution in [2.75, 3.05) is 12.0 Å². The van der Waals surface area contributed by atoms with Crippen LogP contribution < -0.4 is 0 Å². The summed E-state index contributed by atoms with van der Waals surface area (Å²) in [7, 11) is 0. The fraction of sp³-hybridized carbons (Fsp3) is 0.875. The van der Waals surface area contributed by atoms with Crippen LogP contribution in [0.2, 0.25) is 0 Å². The van der Waals surface area contributed by atoms with E-state index in [9.17, 15) is 4.79 Å². The minimum absolute atomic E-state index is 0.203. The molecule has 1 N–H and O–H groups in total. The van der Waals surface area contributed by atoms with Crippen molar-refractivity contribution in [3.63, 3.8) is 0 Å². The summed E-state index contributed by atoms with van der Waals surface area (Å²) in [4.78, 5) is 10.4. The Morgan fingerprint density at radius 3 is 2.64 bits per heavy atom. The van der Waals surface area contributed by atoms with Crippen LogP contribution >= 0.6 is 11.8 Å². The van der Waals surface area contributed by atoms with E-state index in [0.717, 1.165) is 25.0 Å². The van der Waals surface area contributed by atoms with Crippen LogP contribution in [0.15, 0.2) is 0 Å². The lowest BCUT2D eigenvalue weighted by Crippen LogP contribution is -2.09. The van der Waals surface area contributed by atoms with Gasteiger partial charge in [-0.3, -0.25) is 4.79 Å². The minimum atomic E-state index is -0.636. The van der Waals surface area contributed by atoms with Crippen molar-refractivity contribution in [3.05, 3.63) is 0 Å². The molecule has 0 amide bonds.